The molecule has 2 aromatic rings. The summed E-state index contributed by atoms with van der Waals surface area (Å²) in [4.78, 5) is 15.3. The van der Waals surface area contributed by atoms with Crippen molar-refractivity contribution in [3.63, 3.8) is 0 Å². The highest BCUT2D eigenvalue weighted by Gasteiger charge is 2.13. The number of benzene rings is 1. The summed E-state index contributed by atoms with van der Waals surface area (Å²) in [5, 5.41) is 21.3. The minimum Gasteiger partial charge on any atom is -0.481 e. The Morgan fingerprint density at radius 1 is 1.35 bits per heavy atom. The molecule has 0 bridgehead atoms. The van der Waals surface area contributed by atoms with Crippen molar-refractivity contribution in [2.24, 2.45) is 0 Å². The summed E-state index contributed by atoms with van der Waals surface area (Å²) in [5.74, 6) is -0.215. The van der Waals surface area contributed by atoms with Gasteiger partial charge >= 0.3 is 5.97 Å². The van der Waals surface area contributed by atoms with Gasteiger partial charge < -0.3 is 10.4 Å². The van der Waals surface area contributed by atoms with Gasteiger partial charge in [-0.15, -0.1) is 0 Å². The molecule has 0 aliphatic carbocycles. The maximum atomic E-state index is 10.9. The molecular formula is C18H19N3O2. The molecule has 0 fully saturated rings. The van der Waals surface area contributed by atoms with Crippen LogP contribution >= 0.6 is 0 Å². The molecule has 1 aromatic carbocycles. The van der Waals surface area contributed by atoms with Crippen molar-refractivity contribution in [1.29, 1.82) is 5.26 Å². The lowest BCUT2D eigenvalue weighted by atomic mass is 10.0. The Bertz CT molecular complexity index is 708. The van der Waals surface area contributed by atoms with Gasteiger partial charge in [0.25, 0.3) is 0 Å². The number of nitrogens with one attached hydrogen (secondary N) is 1. The van der Waals surface area contributed by atoms with Crippen LogP contribution in [0.3, 0.4) is 0 Å². The number of carboxylic acid groups (broad SMARTS) is 1. The van der Waals surface area contributed by atoms with E-state index in [-0.39, 0.29) is 12.5 Å². The Labute approximate surface area is 135 Å². The van der Waals surface area contributed by atoms with Gasteiger partial charge in [-0.25, -0.2) is 4.98 Å². The van der Waals surface area contributed by atoms with Crippen molar-refractivity contribution in [3.05, 3.63) is 59.3 Å². The monoisotopic (exact) mass is 309 g/mol. The molecule has 2 N–H and O–H groups in total. The Morgan fingerprint density at radius 2 is 2.09 bits per heavy atom. The maximum absolute atomic E-state index is 10.9. The summed E-state index contributed by atoms with van der Waals surface area (Å²) in [6.07, 6.45) is 1.27. The van der Waals surface area contributed by atoms with Crippen molar-refractivity contribution in [1.82, 2.24) is 4.98 Å². The van der Waals surface area contributed by atoms with Gasteiger partial charge in [-0.2, -0.15) is 5.26 Å². The van der Waals surface area contributed by atoms with E-state index >= 15 is 0 Å². The molecule has 0 spiro atoms. The molecule has 1 unspecified atom stereocenters. The lowest BCUT2D eigenvalue weighted by Crippen LogP contribution is -2.24. The first-order chi connectivity index (χ1) is 11.1. The van der Waals surface area contributed by atoms with Crippen molar-refractivity contribution < 1.29 is 9.90 Å². The molecule has 5 nitrogen and oxygen atoms in total. The van der Waals surface area contributed by atoms with Crippen molar-refractivity contribution >= 4 is 11.8 Å². The number of carbonyl (C=O) groups is 1. The van der Waals surface area contributed by atoms with Gasteiger partial charge in [0.2, 0.25) is 0 Å². The molecule has 5 heteroatoms. The predicted molar refractivity (Wildman–Crippen MR) is 88.1 cm³/mol. The summed E-state index contributed by atoms with van der Waals surface area (Å²) in [6.45, 7) is 1.83. The van der Waals surface area contributed by atoms with Gasteiger partial charge in [0.15, 0.2) is 0 Å². The zero-order valence-electron chi connectivity index (χ0n) is 13.0. The molecule has 0 amide bonds. The largest absolute Gasteiger partial charge is 0.481 e. The van der Waals surface area contributed by atoms with Crippen molar-refractivity contribution in [2.75, 3.05) is 5.32 Å². The minimum atomic E-state index is -0.820. The molecular weight excluding hydrogens is 290 g/mol. The van der Waals surface area contributed by atoms with Gasteiger partial charge in [-0.3, -0.25) is 4.79 Å². The van der Waals surface area contributed by atoms with E-state index in [1.165, 1.54) is 0 Å². The fourth-order valence-electron chi connectivity index (χ4n) is 2.44. The maximum Gasteiger partial charge on any atom is 0.303 e. The first-order valence-electron chi connectivity index (χ1n) is 7.48. The number of pyridine rings is 1. The smallest absolute Gasteiger partial charge is 0.303 e. The third-order valence-electron chi connectivity index (χ3n) is 3.47. The van der Waals surface area contributed by atoms with Crippen molar-refractivity contribution in [2.45, 2.75) is 32.2 Å². The average molecular weight is 309 g/mol. The van der Waals surface area contributed by atoms with Crippen LogP contribution in [-0.4, -0.2) is 22.1 Å². The van der Waals surface area contributed by atoms with Gasteiger partial charge in [-0.1, -0.05) is 30.3 Å². The first-order valence-corrected chi connectivity index (χ1v) is 7.48. The molecule has 0 aliphatic heterocycles. The lowest BCUT2D eigenvalue weighted by Gasteiger charge is -2.19. The Kier molecular flexibility index (Phi) is 5.70. The van der Waals surface area contributed by atoms with Crippen LogP contribution in [0.5, 0.6) is 0 Å². The normalized spacial score (nSPS) is 11.5. The molecule has 0 saturated heterocycles. The van der Waals surface area contributed by atoms with E-state index in [0.29, 0.717) is 24.2 Å². The van der Waals surface area contributed by atoms with Crippen LogP contribution in [-0.2, 0) is 11.2 Å². The standard InChI is InChI=1S/C18H19N3O2/c1-13-9-15(12-19)11-17(20-13)21-16(7-8-18(22)23)10-14-5-3-2-4-6-14/h2-6,9,11,16H,7-8,10H2,1H3,(H,20,21)(H,22,23). The average Bonchev–Trinajstić information content (AvgIpc) is 2.53. The molecule has 0 aliphatic rings. The van der Waals surface area contributed by atoms with Crippen molar-refractivity contribution in [3.8, 4) is 6.07 Å². The van der Waals surface area contributed by atoms with E-state index in [2.05, 4.69) is 16.4 Å². The number of nitriles is 1. The van der Waals surface area contributed by atoms with Gasteiger partial charge in [-0.05, 0) is 37.5 Å². The van der Waals surface area contributed by atoms with Crippen LogP contribution in [0.4, 0.5) is 5.82 Å². The van der Waals surface area contributed by atoms with E-state index in [1.807, 2.05) is 37.3 Å². The highest BCUT2D eigenvalue weighted by Crippen LogP contribution is 2.15. The molecule has 1 heterocycles. The number of rotatable bonds is 7. The number of hydrogen-bond acceptors (Lipinski definition) is 4. The predicted octanol–water partition coefficient (Wildman–Crippen LogP) is 3.15. The van der Waals surface area contributed by atoms with E-state index in [9.17, 15) is 4.79 Å². The third-order valence-corrected chi connectivity index (χ3v) is 3.47. The zero-order valence-corrected chi connectivity index (χ0v) is 13.0. The molecule has 118 valence electrons. The summed E-state index contributed by atoms with van der Waals surface area (Å²) < 4.78 is 0. The second-order valence-electron chi connectivity index (χ2n) is 5.46. The number of carboxylic acids is 1. The van der Waals surface area contributed by atoms with Crippen LogP contribution in [0.1, 0.15) is 29.7 Å². The highest BCUT2D eigenvalue weighted by atomic mass is 16.4. The molecule has 23 heavy (non-hydrogen) atoms. The van der Waals surface area contributed by atoms with Gasteiger partial charge in [0.1, 0.15) is 5.82 Å². The first kappa shape index (κ1) is 16.5. The van der Waals surface area contributed by atoms with Crippen LogP contribution in [0.15, 0.2) is 42.5 Å². The van der Waals surface area contributed by atoms with Crippen LogP contribution in [0, 0.1) is 18.3 Å². The number of aromatic nitrogens is 1. The quantitative estimate of drug-likeness (QED) is 0.820. The zero-order chi connectivity index (χ0) is 16.7. The summed E-state index contributed by atoms with van der Waals surface area (Å²) in [5.41, 5.74) is 2.42. The van der Waals surface area contributed by atoms with Crippen LogP contribution < -0.4 is 5.32 Å². The third kappa shape index (κ3) is 5.44. The molecule has 0 radical (unpaired) electrons. The lowest BCUT2D eigenvalue weighted by molar-refractivity contribution is -0.137. The van der Waals surface area contributed by atoms with E-state index in [1.54, 1.807) is 12.1 Å². The SMILES string of the molecule is Cc1cc(C#N)cc(NC(CCC(=O)O)Cc2ccccc2)n1. The number of aryl methyl sites for hydroxylation is 1. The Balaban J connectivity index is 2.15. The van der Waals surface area contributed by atoms with E-state index in [4.69, 9.17) is 10.4 Å². The fraction of sp³-hybridized carbons (Fsp3) is 0.278. The van der Waals surface area contributed by atoms with Crippen LogP contribution in [0.25, 0.3) is 0 Å². The second-order valence-corrected chi connectivity index (χ2v) is 5.46. The number of hydrogen-bond donors (Lipinski definition) is 2. The Morgan fingerprint density at radius 3 is 2.74 bits per heavy atom. The number of aliphatic carboxylic acids is 1. The summed E-state index contributed by atoms with van der Waals surface area (Å²) in [7, 11) is 0. The number of nitrogens with zero attached hydrogens (tertiary/aromatic N) is 2. The summed E-state index contributed by atoms with van der Waals surface area (Å²) in [6, 6.07) is 15.3. The topological polar surface area (TPSA) is 86.0 Å². The number of anilines is 1. The molecule has 0 saturated carbocycles. The fourth-order valence-corrected chi connectivity index (χ4v) is 2.44. The van der Waals surface area contributed by atoms with Gasteiger partial charge in [0.05, 0.1) is 11.6 Å². The van der Waals surface area contributed by atoms with Crippen LogP contribution in [0.2, 0.25) is 0 Å². The molecule has 1 atom stereocenters. The van der Waals surface area contributed by atoms with Gasteiger partial charge in [0, 0.05) is 18.2 Å². The Hall–Kier alpha value is -2.87. The summed E-state index contributed by atoms with van der Waals surface area (Å²) >= 11 is 0. The van der Waals surface area contributed by atoms with E-state index < -0.39 is 5.97 Å². The van der Waals surface area contributed by atoms with E-state index in [0.717, 1.165) is 11.3 Å². The molecule has 2 rings (SSSR count). The molecule has 1 aromatic heterocycles. The second kappa shape index (κ2) is 7.95. The highest BCUT2D eigenvalue weighted by molar-refractivity contribution is 5.66. The minimum absolute atomic E-state index is 0.0608.